The minimum Gasteiger partial charge on any atom is -0.356 e. The molecule has 2 heterocycles. The largest absolute Gasteiger partial charge is 0.393 e. The summed E-state index contributed by atoms with van der Waals surface area (Å²) in [6, 6.07) is 1.87. The quantitative estimate of drug-likeness (QED) is 0.700. The molecule has 1 aliphatic rings. The normalized spacial score (nSPS) is 21.2. The molecule has 0 aliphatic carbocycles. The monoisotopic (exact) mass is 370 g/mol. The molecule has 0 bridgehead atoms. The molecule has 1 aliphatic heterocycles. The molecule has 1 unspecified atom stereocenters. The molecule has 1 aromatic heterocycles. The molecule has 100 valence electrons. The van der Waals surface area contributed by atoms with Crippen molar-refractivity contribution in [3.63, 3.8) is 0 Å². The van der Waals surface area contributed by atoms with Gasteiger partial charge in [-0.3, -0.25) is 0 Å². The first-order valence-electron chi connectivity index (χ1n) is 5.82. The minimum atomic E-state index is -4.10. The van der Waals surface area contributed by atoms with Crippen LogP contribution in [0.2, 0.25) is 0 Å². The summed E-state index contributed by atoms with van der Waals surface area (Å²) in [5.74, 6) is -0.541. The van der Waals surface area contributed by atoms with Gasteiger partial charge in [0.25, 0.3) is 0 Å². The second kappa shape index (κ2) is 5.22. The second-order valence-electron chi connectivity index (χ2n) is 4.57. The molecule has 0 radical (unpaired) electrons. The van der Waals surface area contributed by atoms with Crippen LogP contribution in [-0.4, -0.2) is 24.2 Å². The van der Waals surface area contributed by atoms with Gasteiger partial charge in [-0.1, -0.05) is 0 Å². The highest BCUT2D eigenvalue weighted by atomic mass is 127. The number of aromatic nitrogens is 1. The van der Waals surface area contributed by atoms with E-state index in [0.717, 1.165) is 9.13 Å². The summed E-state index contributed by atoms with van der Waals surface area (Å²) in [6.07, 6.45) is -1.66. The molecule has 2 rings (SSSR count). The number of hydrogen-bond acceptors (Lipinski definition) is 2. The van der Waals surface area contributed by atoms with E-state index in [1.165, 1.54) is 0 Å². The Morgan fingerprint density at radius 2 is 2.17 bits per heavy atom. The van der Waals surface area contributed by atoms with E-state index in [-0.39, 0.29) is 13.0 Å². The van der Waals surface area contributed by atoms with Crippen LogP contribution in [0, 0.1) is 16.4 Å². The molecular weight excluding hydrogens is 356 g/mol. The van der Waals surface area contributed by atoms with Crippen LogP contribution >= 0.6 is 22.6 Å². The van der Waals surface area contributed by atoms with Crippen molar-refractivity contribution in [1.82, 2.24) is 4.98 Å². The number of halogens is 4. The van der Waals surface area contributed by atoms with Crippen molar-refractivity contribution >= 4 is 28.4 Å². The van der Waals surface area contributed by atoms with Gasteiger partial charge in [0.2, 0.25) is 0 Å². The predicted octanol–water partition coefficient (Wildman–Crippen LogP) is 3.77. The lowest BCUT2D eigenvalue weighted by Crippen LogP contribution is -2.42. The smallest absolute Gasteiger partial charge is 0.356 e. The van der Waals surface area contributed by atoms with E-state index in [2.05, 4.69) is 27.6 Å². The third-order valence-electron chi connectivity index (χ3n) is 3.30. The maximum Gasteiger partial charge on any atom is 0.393 e. The fourth-order valence-electron chi connectivity index (χ4n) is 2.26. The van der Waals surface area contributed by atoms with E-state index in [4.69, 9.17) is 0 Å². The molecule has 0 amide bonds. The summed E-state index contributed by atoms with van der Waals surface area (Å²) >= 11 is 2.18. The standard InChI is InChI=1S/C12H14F3IN2/c1-8-10(16)4-5-17-11(8)18-6-2-3-9(7-18)12(13,14)15/h4-5,9H,2-3,6-7H2,1H3. The topological polar surface area (TPSA) is 16.1 Å². The van der Waals surface area contributed by atoms with E-state index in [1.807, 2.05) is 13.0 Å². The number of hydrogen-bond donors (Lipinski definition) is 0. The van der Waals surface area contributed by atoms with Crippen LogP contribution in [0.15, 0.2) is 12.3 Å². The van der Waals surface area contributed by atoms with Gasteiger partial charge in [-0.2, -0.15) is 13.2 Å². The molecular formula is C12H14F3IN2. The van der Waals surface area contributed by atoms with Crippen LogP contribution < -0.4 is 4.90 Å². The van der Waals surface area contributed by atoms with Crippen LogP contribution in [0.4, 0.5) is 19.0 Å². The number of anilines is 1. The Hall–Kier alpha value is -0.530. The minimum absolute atomic E-state index is 0.0252. The average molecular weight is 370 g/mol. The number of nitrogens with zero attached hydrogens (tertiary/aromatic N) is 2. The van der Waals surface area contributed by atoms with Gasteiger partial charge in [0.1, 0.15) is 5.82 Å². The van der Waals surface area contributed by atoms with Crippen LogP contribution in [0.1, 0.15) is 18.4 Å². The Bertz CT molecular complexity index is 434. The summed E-state index contributed by atoms with van der Waals surface area (Å²) in [5.41, 5.74) is 0.959. The fourth-order valence-corrected chi connectivity index (χ4v) is 2.66. The summed E-state index contributed by atoms with van der Waals surface area (Å²) in [5, 5.41) is 0. The van der Waals surface area contributed by atoms with E-state index in [0.29, 0.717) is 18.8 Å². The van der Waals surface area contributed by atoms with Crippen molar-refractivity contribution in [2.75, 3.05) is 18.0 Å². The molecule has 6 heteroatoms. The number of alkyl halides is 3. The highest BCUT2D eigenvalue weighted by Crippen LogP contribution is 2.35. The molecule has 0 aromatic carbocycles. The first-order valence-corrected chi connectivity index (χ1v) is 6.90. The Morgan fingerprint density at radius 1 is 1.44 bits per heavy atom. The highest BCUT2D eigenvalue weighted by molar-refractivity contribution is 14.1. The number of rotatable bonds is 1. The zero-order valence-electron chi connectivity index (χ0n) is 9.97. The lowest BCUT2D eigenvalue weighted by molar-refractivity contribution is -0.176. The third kappa shape index (κ3) is 2.89. The lowest BCUT2D eigenvalue weighted by Gasteiger charge is -2.35. The molecule has 0 saturated carbocycles. The summed E-state index contributed by atoms with van der Waals surface area (Å²) in [6.45, 7) is 2.58. The van der Waals surface area contributed by atoms with Gasteiger partial charge in [-0.15, -0.1) is 0 Å². The SMILES string of the molecule is Cc1c(I)ccnc1N1CCCC(C(F)(F)F)C1. The number of pyridine rings is 1. The molecule has 0 spiro atoms. The average Bonchev–Trinajstić information content (AvgIpc) is 2.32. The van der Waals surface area contributed by atoms with Crippen LogP contribution in [0.3, 0.4) is 0 Å². The maximum absolute atomic E-state index is 12.8. The van der Waals surface area contributed by atoms with Crippen molar-refractivity contribution in [1.29, 1.82) is 0 Å². The highest BCUT2D eigenvalue weighted by Gasteiger charge is 2.42. The van der Waals surface area contributed by atoms with Crippen molar-refractivity contribution in [2.45, 2.75) is 25.9 Å². The van der Waals surface area contributed by atoms with Crippen molar-refractivity contribution in [3.8, 4) is 0 Å². The van der Waals surface area contributed by atoms with Gasteiger partial charge in [0, 0.05) is 28.4 Å². The molecule has 2 nitrogen and oxygen atoms in total. The first kappa shape index (κ1) is 13.9. The van der Waals surface area contributed by atoms with Crippen LogP contribution in [0.25, 0.3) is 0 Å². The van der Waals surface area contributed by atoms with Gasteiger partial charge >= 0.3 is 6.18 Å². The predicted molar refractivity (Wildman–Crippen MR) is 72.7 cm³/mol. The molecule has 0 N–H and O–H groups in total. The number of piperidine rings is 1. The van der Waals surface area contributed by atoms with E-state index in [9.17, 15) is 13.2 Å². The molecule has 1 fully saturated rings. The second-order valence-corrected chi connectivity index (χ2v) is 5.73. The lowest BCUT2D eigenvalue weighted by atomic mass is 9.97. The summed E-state index contributed by atoms with van der Waals surface area (Å²) < 4.78 is 39.3. The van der Waals surface area contributed by atoms with Crippen molar-refractivity contribution < 1.29 is 13.2 Å². The van der Waals surface area contributed by atoms with Gasteiger partial charge in [0.15, 0.2) is 0 Å². The Morgan fingerprint density at radius 3 is 2.83 bits per heavy atom. The molecule has 18 heavy (non-hydrogen) atoms. The van der Waals surface area contributed by atoms with Crippen LogP contribution in [-0.2, 0) is 0 Å². The van der Waals surface area contributed by atoms with E-state index in [1.54, 1.807) is 11.1 Å². The molecule has 1 atom stereocenters. The van der Waals surface area contributed by atoms with E-state index >= 15 is 0 Å². The van der Waals surface area contributed by atoms with Gasteiger partial charge in [-0.05, 0) is 48.4 Å². The van der Waals surface area contributed by atoms with Gasteiger partial charge < -0.3 is 4.90 Å². The van der Waals surface area contributed by atoms with E-state index < -0.39 is 12.1 Å². The Kier molecular flexibility index (Phi) is 4.03. The van der Waals surface area contributed by atoms with Gasteiger partial charge in [0.05, 0.1) is 5.92 Å². The Balaban J connectivity index is 2.21. The summed E-state index contributed by atoms with van der Waals surface area (Å²) in [4.78, 5) is 6.00. The maximum atomic E-state index is 12.8. The zero-order valence-corrected chi connectivity index (χ0v) is 12.1. The first-order chi connectivity index (χ1) is 8.39. The Labute approximate surface area is 118 Å². The van der Waals surface area contributed by atoms with Crippen molar-refractivity contribution in [3.05, 3.63) is 21.4 Å². The third-order valence-corrected chi connectivity index (χ3v) is 4.46. The van der Waals surface area contributed by atoms with Crippen molar-refractivity contribution in [2.24, 2.45) is 5.92 Å². The molecule has 1 aromatic rings. The fraction of sp³-hybridized carbons (Fsp3) is 0.583. The van der Waals surface area contributed by atoms with Crippen LogP contribution in [0.5, 0.6) is 0 Å². The summed E-state index contributed by atoms with van der Waals surface area (Å²) in [7, 11) is 0. The molecule has 1 saturated heterocycles. The zero-order chi connectivity index (χ0) is 13.3. The van der Waals surface area contributed by atoms with Gasteiger partial charge in [-0.25, -0.2) is 4.98 Å².